The van der Waals surface area contributed by atoms with Crippen molar-refractivity contribution >= 4 is 39.8 Å². The Balaban J connectivity index is 1.34. The molecular weight excluding hydrogens is 430 g/mol. The zero-order valence-corrected chi connectivity index (χ0v) is 18.6. The van der Waals surface area contributed by atoms with Gasteiger partial charge < -0.3 is 4.74 Å². The number of hydrogen-bond acceptors (Lipinski definition) is 7. The fourth-order valence-electron chi connectivity index (χ4n) is 3.30. The van der Waals surface area contributed by atoms with E-state index in [2.05, 4.69) is 22.1 Å². The molecule has 0 aliphatic heterocycles. The lowest BCUT2D eigenvalue weighted by Gasteiger charge is -2.07. The van der Waals surface area contributed by atoms with Gasteiger partial charge in [-0.25, -0.2) is 4.98 Å². The van der Waals surface area contributed by atoms with Crippen LogP contribution in [0.5, 0.6) is 5.75 Å². The molecule has 7 nitrogen and oxygen atoms in total. The minimum absolute atomic E-state index is 0.0789. The fourth-order valence-corrected chi connectivity index (χ4v) is 4.95. The SMILES string of the molecule is Cc1ccc(OCc2nc(CSc3nnc4n(C)c(=O)c5ccccc5n34)cs2)cc1. The van der Waals surface area contributed by atoms with Gasteiger partial charge in [-0.3, -0.25) is 13.8 Å². The van der Waals surface area contributed by atoms with Crippen LogP contribution in [0.15, 0.2) is 63.9 Å². The first-order valence-corrected chi connectivity index (χ1v) is 11.5. The molecule has 9 heteroatoms. The Morgan fingerprint density at radius 2 is 1.90 bits per heavy atom. The molecule has 2 aromatic carbocycles. The number of fused-ring (bicyclic) bond motifs is 3. The highest BCUT2D eigenvalue weighted by molar-refractivity contribution is 7.98. The molecule has 0 bridgehead atoms. The monoisotopic (exact) mass is 449 g/mol. The first-order chi connectivity index (χ1) is 15.1. The zero-order valence-electron chi connectivity index (χ0n) is 17.0. The number of hydrogen-bond donors (Lipinski definition) is 0. The average Bonchev–Trinajstić information content (AvgIpc) is 3.43. The molecule has 0 saturated carbocycles. The quantitative estimate of drug-likeness (QED) is 0.362. The Morgan fingerprint density at radius 1 is 1.10 bits per heavy atom. The highest BCUT2D eigenvalue weighted by Gasteiger charge is 2.15. The van der Waals surface area contributed by atoms with Crippen LogP contribution in [-0.4, -0.2) is 24.1 Å². The largest absolute Gasteiger partial charge is 0.486 e. The van der Waals surface area contributed by atoms with Crippen molar-refractivity contribution in [3.63, 3.8) is 0 Å². The molecule has 0 atom stereocenters. The van der Waals surface area contributed by atoms with E-state index in [-0.39, 0.29) is 5.56 Å². The van der Waals surface area contributed by atoms with Crippen molar-refractivity contribution in [1.29, 1.82) is 0 Å². The molecule has 0 spiro atoms. The van der Waals surface area contributed by atoms with E-state index in [4.69, 9.17) is 4.74 Å². The third kappa shape index (κ3) is 3.82. The maximum Gasteiger partial charge on any atom is 0.262 e. The summed E-state index contributed by atoms with van der Waals surface area (Å²) in [7, 11) is 1.72. The topological polar surface area (TPSA) is 74.3 Å². The highest BCUT2D eigenvalue weighted by atomic mass is 32.2. The molecule has 0 unspecified atom stereocenters. The smallest absolute Gasteiger partial charge is 0.262 e. The standard InChI is InChI=1S/C22H19N5O2S2/c1-14-7-9-16(10-8-14)29-11-19-23-15(12-30-19)13-31-22-25-24-21-26(2)20(28)17-5-3-4-6-18(17)27(21)22/h3-10,12H,11,13H2,1-2H3. The predicted octanol–water partition coefficient (Wildman–Crippen LogP) is 4.22. The van der Waals surface area contributed by atoms with Gasteiger partial charge in [0.05, 0.1) is 16.6 Å². The van der Waals surface area contributed by atoms with E-state index in [1.54, 1.807) is 30.1 Å². The molecule has 156 valence electrons. The van der Waals surface area contributed by atoms with Gasteiger partial charge in [-0.2, -0.15) is 0 Å². The van der Waals surface area contributed by atoms with Crippen molar-refractivity contribution in [2.75, 3.05) is 0 Å². The van der Waals surface area contributed by atoms with E-state index >= 15 is 0 Å². The van der Waals surface area contributed by atoms with E-state index < -0.39 is 0 Å². The van der Waals surface area contributed by atoms with Gasteiger partial charge in [-0.1, -0.05) is 41.6 Å². The number of ether oxygens (including phenoxy) is 1. The number of para-hydroxylation sites is 1. The summed E-state index contributed by atoms with van der Waals surface area (Å²) in [4.78, 5) is 17.2. The number of benzene rings is 2. The zero-order chi connectivity index (χ0) is 21.4. The minimum atomic E-state index is -0.0789. The van der Waals surface area contributed by atoms with Crippen LogP contribution in [-0.2, 0) is 19.4 Å². The second kappa shape index (κ2) is 8.16. The van der Waals surface area contributed by atoms with Crippen molar-refractivity contribution in [2.24, 2.45) is 7.05 Å². The van der Waals surface area contributed by atoms with Gasteiger partial charge in [0.15, 0.2) is 5.16 Å². The Labute approximate surface area is 186 Å². The summed E-state index contributed by atoms with van der Waals surface area (Å²) < 4.78 is 9.28. The van der Waals surface area contributed by atoms with Crippen LogP contribution in [0.2, 0.25) is 0 Å². The van der Waals surface area contributed by atoms with Crippen molar-refractivity contribution < 1.29 is 4.74 Å². The number of aromatic nitrogens is 5. The van der Waals surface area contributed by atoms with Gasteiger partial charge in [-0.15, -0.1) is 21.5 Å². The van der Waals surface area contributed by atoms with E-state index in [1.165, 1.54) is 10.1 Å². The van der Waals surface area contributed by atoms with E-state index in [9.17, 15) is 4.79 Å². The molecule has 0 saturated heterocycles. The molecule has 31 heavy (non-hydrogen) atoms. The van der Waals surface area contributed by atoms with Gasteiger partial charge in [0.25, 0.3) is 5.56 Å². The van der Waals surface area contributed by atoms with E-state index in [0.717, 1.165) is 27.1 Å². The molecule has 0 amide bonds. The second-order valence-corrected chi connectivity index (χ2v) is 9.01. The van der Waals surface area contributed by atoms with Crippen LogP contribution in [0, 0.1) is 6.92 Å². The van der Waals surface area contributed by atoms with Crippen molar-refractivity contribution in [2.45, 2.75) is 24.4 Å². The molecule has 0 N–H and O–H groups in total. The van der Waals surface area contributed by atoms with Crippen molar-refractivity contribution in [1.82, 2.24) is 24.1 Å². The summed E-state index contributed by atoms with van der Waals surface area (Å²) in [6, 6.07) is 15.5. The number of rotatable bonds is 6. The Morgan fingerprint density at radius 3 is 2.74 bits per heavy atom. The molecular formula is C22H19N5O2S2. The van der Waals surface area contributed by atoms with Crippen molar-refractivity contribution in [3.8, 4) is 5.75 Å². The van der Waals surface area contributed by atoms with Crippen LogP contribution in [0.4, 0.5) is 0 Å². The summed E-state index contributed by atoms with van der Waals surface area (Å²) >= 11 is 3.13. The summed E-state index contributed by atoms with van der Waals surface area (Å²) in [5, 5.41) is 12.9. The van der Waals surface area contributed by atoms with Crippen LogP contribution in [0.3, 0.4) is 0 Å². The predicted molar refractivity (Wildman–Crippen MR) is 123 cm³/mol. The average molecular weight is 450 g/mol. The molecule has 5 rings (SSSR count). The third-order valence-electron chi connectivity index (χ3n) is 4.93. The molecule has 5 aromatic rings. The lowest BCUT2D eigenvalue weighted by Crippen LogP contribution is -2.20. The molecule has 0 radical (unpaired) electrons. The fraction of sp³-hybridized carbons (Fsp3) is 0.182. The Bertz CT molecular complexity index is 1440. The molecule has 3 aromatic heterocycles. The molecule has 3 heterocycles. The van der Waals surface area contributed by atoms with Crippen LogP contribution >= 0.6 is 23.1 Å². The van der Waals surface area contributed by atoms with Gasteiger partial charge in [0.2, 0.25) is 5.78 Å². The summed E-state index contributed by atoms with van der Waals surface area (Å²) in [6.45, 7) is 2.49. The summed E-state index contributed by atoms with van der Waals surface area (Å²) in [5.41, 5.74) is 2.89. The van der Waals surface area contributed by atoms with Crippen LogP contribution in [0.25, 0.3) is 16.7 Å². The van der Waals surface area contributed by atoms with Crippen LogP contribution < -0.4 is 10.3 Å². The first-order valence-electron chi connectivity index (χ1n) is 9.68. The van der Waals surface area contributed by atoms with Gasteiger partial charge in [0, 0.05) is 18.2 Å². The maximum absolute atomic E-state index is 12.6. The minimum Gasteiger partial charge on any atom is -0.486 e. The van der Waals surface area contributed by atoms with E-state index in [1.807, 2.05) is 58.3 Å². The Hall–Kier alpha value is -3.17. The number of thioether (sulfide) groups is 1. The van der Waals surface area contributed by atoms with Crippen molar-refractivity contribution in [3.05, 3.63) is 80.5 Å². The molecule has 0 fully saturated rings. The van der Waals surface area contributed by atoms with Gasteiger partial charge in [-0.05, 0) is 31.2 Å². The normalized spacial score (nSPS) is 11.4. The number of aryl methyl sites for hydroxylation is 2. The van der Waals surface area contributed by atoms with Gasteiger partial charge >= 0.3 is 0 Å². The summed E-state index contributed by atoms with van der Waals surface area (Å²) in [6.07, 6.45) is 0. The third-order valence-corrected chi connectivity index (χ3v) is 6.76. The lowest BCUT2D eigenvalue weighted by atomic mass is 10.2. The highest BCUT2D eigenvalue weighted by Crippen LogP contribution is 2.25. The van der Waals surface area contributed by atoms with Crippen LogP contribution in [0.1, 0.15) is 16.3 Å². The second-order valence-electron chi connectivity index (χ2n) is 7.12. The lowest BCUT2D eigenvalue weighted by molar-refractivity contribution is 0.305. The maximum atomic E-state index is 12.6. The summed E-state index contributed by atoms with van der Waals surface area (Å²) in [5.74, 6) is 2.01. The molecule has 0 aliphatic rings. The number of nitrogens with zero attached hydrogens (tertiary/aromatic N) is 5. The Kier molecular flexibility index (Phi) is 5.21. The van der Waals surface area contributed by atoms with Gasteiger partial charge in [0.1, 0.15) is 17.4 Å². The first kappa shape index (κ1) is 19.8. The molecule has 0 aliphatic carbocycles. The van der Waals surface area contributed by atoms with E-state index in [0.29, 0.717) is 23.5 Å². The number of thiazole rings is 1.